The molecule has 0 spiro atoms. The van der Waals surface area contributed by atoms with Crippen LogP contribution in [0, 0.1) is 0 Å². The minimum absolute atomic E-state index is 0.0575. The lowest BCUT2D eigenvalue weighted by Crippen LogP contribution is -2.36. The molecule has 1 unspecified atom stereocenters. The molecule has 1 saturated heterocycles. The fourth-order valence-electron chi connectivity index (χ4n) is 2.38. The van der Waals surface area contributed by atoms with Crippen LogP contribution in [0.4, 0.5) is 4.79 Å². The van der Waals surface area contributed by atoms with E-state index < -0.39 is 12.1 Å². The Morgan fingerprint density at radius 3 is 2.83 bits per heavy atom. The van der Waals surface area contributed by atoms with Crippen molar-refractivity contribution in [3.8, 4) is 0 Å². The first-order chi connectivity index (χ1) is 11.0. The molecule has 1 aliphatic rings. The molecule has 23 heavy (non-hydrogen) atoms. The number of nitrogens with one attached hydrogen (secondary N) is 2. The summed E-state index contributed by atoms with van der Waals surface area (Å²) in [6.45, 7) is 2.59. The van der Waals surface area contributed by atoms with Gasteiger partial charge < -0.3 is 15.2 Å². The predicted octanol–water partition coefficient (Wildman–Crippen LogP) is 0.479. The lowest BCUT2D eigenvalue weighted by atomic mass is 10.2. The van der Waals surface area contributed by atoms with Gasteiger partial charge in [0.05, 0.1) is 24.9 Å². The normalized spacial score (nSPS) is 17.5. The molecular weight excluding hydrogens is 318 g/mol. The number of thioether (sulfide) groups is 1. The second-order valence-corrected chi connectivity index (χ2v) is 6.04. The molecule has 1 atom stereocenters. The Labute approximate surface area is 139 Å². The van der Waals surface area contributed by atoms with Gasteiger partial charge in [0.1, 0.15) is 6.04 Å². The molecule has 4 amide bonds. The van der Waals surface area contributed by atoms with Crippen molar-refractivity contribution in [2.24, 2.45) is 7.05 Å². The number of hydrogen-bond acceptors (Lipinski definition) is 5. The molecule has 0 saturated carbocycles. The molecule has 0 aliphatic carbocycles. The van der Waals surface area contributed by atoms with Crippen LogP contribution in [0.2, 0.25) is 0 Å². The molecule has 1 aromatic heterocycles. The van der Waals surface area contributed by atoms with Crippen molar-refractivity contribution in [2.75, 3.05) is 12.8 Å². The van der Waals surface area contributed by atoms with Crippen LogP contribution in [0.3, 0.4) is 0 Å². The van der Waals surface area contributed by atoms with E-state index >= 15 is 0 Å². The maximum Gasteiger partial charge on any atom is 0.324 e. The minimum Gasteiger partial charge on any atom is -0.350 e. The lowest BCUT2D eigenvalue weighted by molar-refractivity contribution is -0.130. The summed E-state index contributed by atoms with van der Waals surface area (Å²) in [6, 6.07) is -1.20. The molecule has 1 fully saturated rings. The number of nitrogens with zero attached hydrogens (tertiary/aromatic N) is 3. The molecule has 0 bridgehead atoms. The average Bonchev–Trinajstić information content (AvgIpc) is 3.00. The van der Waals surface area contributed by atoms with Crippen LogP contribution in [0.5, 0.6) is 0 Å². The second-order valence-electron chi connectivity index (χ2n) is 5.27. The van der Waals surface area contributed by atoms with Crippen molar-refractivity contribution in [1.82, 2.24) is 25.1 Å². The highest BCUT2D eigenvalue weighted by molar-refractivity contribution is 7.98. The highest BCUT2D eigenvalue weighted by Crippen LogP contribution is 2.14. The fourth-order valence-corrected chi connectivity index (χ4v) is 2.93. The third-order valence-electron chi connectivity index (χ3n) is 3.63. The summed E-state index contributed by atoms with van der Waals surface area (Å²) < 4.78 is 1.90. The number of imidazole rings is 1. The van der Waals surface area contributed by atoms with Crippen LogP contribution in [0.1, 0.15) is 25.5 Å². The number of carbonyl (C=O) groups is 3. The third kappa shape index (κ3) is 3.84. The summed E-state index contributed by atoms with van der Waals surface area (Å²) in [4.78, 5) is 41.1. The number of urea groups is 1. The molecule has 9 heteroatoms. The van der Waals surface area contributed by atoms with E-state index in [4.69, 9.17) is 0 Å². The Hall–Kier alpha value is -2.03. The van der Waals surface area contributed by atoms with E-state index in [-0.39, 0.29) is 18.2 Å². The standard InChI is InChI=1S/C14H21N5O3S/c1-4-5-19-12(21)10(17-13(19)22)6-11(20)15-7-9-8-16-14(23-3)18(9)2/h8,10H,4-7H2,1-3H3,(H,15,20)(H,17,22). The maximum absolute atomic E-state index is 12.1. The van der Waals surface area contributed by atoms with Gasteiger partial charge >= 0.3 is 6.03 Å². The summed E-state index contributed by atoms with van der Waals surface area (Å²) in [5, 5.41) is 6.17. The molecule has 126 valence electrons. The van der Waals surface area contributed by atoms with Gasteiger partial charge in [-0.2, -0.15) is 0 Å². The number of amides is 4. The quantitative estimate of drug-likeness (QED) is 0.556. The van der Waals surface area contributed by atoms with Crippen molar-refractivity contribution in [2.45, 2.75) is 37.5 Å². The van der Waals surface area contributed by atoms with Crippen molar-refractivity contribution in [3.05, 3.63) is 11.9 Å². The maximum atomic E-state index is 12.1. The Kier molecular flexibility index (Phi) is 5.64. The van der Waals surface area contributed by atoms with E-state index in [0.717, 1.165) is 15.8 Å². The molecule has 2 N–H and O–H groups in total. The minimum atomic E-state index is -0.776. The van der Waals surface area contributed by atoms with Crippen LogP contribution in [-0.4, -0.2) is 51.1 Å². The predicted molar refractivity (Wildman–Crippen MR) is 85.8 cm³/mol. The Morgan fingerprint density at radius 1 is 1.48 bits per heavy atom. The molecule has 0 aromatic carbocycles. The molecule has 8 nitrogen and oxygen atoms in total. The van der Waals surface area contributed by atoms with Gasteiger partial charge in [-0.05, 0) is 12.7 Å². The Balaban J connectivity index is 1.86. The van der Waals surface area contributed by atoms with Crippen LogP contribution >= 0.6 is 11.8 Å². The summed E-state index contributed by atoms with van der Waals surface area (Å²) in [5.74, 6) is -0.619. The monoisotopic (exact) mass is 339 g/mol. The van der Waals surface area contributed by atoms with Gasteiger partial charge in [0, 0.05) is 13.6 Å². The molecule has 2 heterocycles. The summed E-state index contributed by atoms with van der Waals surface area (Å²) in [7, 11) is 1.88. The third-order valence-corrected chi connectivity index (χ3v) is 4.38. The van der Waals surface area contributed by atoms with Crippen LogP contribution in [0.25, 0.3) is 0 Å². The van der Waals surface area contributed by atoms with Gasteiger partial charge in [-0.25, -0.2) is 9.78 Å². The number of aromatic nitrogens is 2. The zero-order chi connectivity index (χ0) is 17.0. The molecule has 2 rings (SSSR count). The molecular formula is C14H21N5O3S. The number of rotatable bonds is 7. The van der Waals surface area contributed by atoms with Gasteiger partial charge in [-0.3, -0.25) is 14.5 Å². The summed E-state index contributed by atoms with van der Waals surface area (Å²) in [5.41, 5.74) is 0.872. The zero-order valence-electron chi connectivity index (χ0n) is 13.5. The van der Waals surface area contributed by atoms with Gasteiger partial charge in [-0.15, -0.1) is 0 Å². The SMILES string of the molecule is CCCN1C(=O)NC(CC(=O)NCc2cnc(SC)n2C)C1=O. The van der Waals surface area contributed by atoms with Gasteiger partial charge in [-0.1, -0.05) is 18.7 Å². The topological polar surface area (TPSA) is 96.3 Å². The summed E-state index contributed by atoms with van der Waals surface area (Å²) >= 11 is 1.52. The number of carbonyl (C=O) groups excluding carboxylic acids is 3. The second kappa shape index (κ2) is 7.49. The largest absolute Gasteiger partial charge is 0.350 e. The Morgan fingerprint density at radius 2 is 2.22 bits per heavy atom. The summed E-state index contributed by atoms with van der Waals surface area (Å²) in [6.07, 6.45) is 4.27. The van der Waals surface area contributed by atoms with Crippen LogP contribution in [-0.2, 0) is 23.2 Å². The average molecular weight is 339 g/mol. The first kappa shape index (κ1) is 17.3. The van der Waals surface area contributed by atoms with E-state index in [0.29, 0.717) is 19.5 Å². The first-order valence-electron chi connectivity index (χ1n) is 7.41. The fraction of sp³-hybridized carbons (Fsp3) is 0.571. The van der Waals surface area contributed by atoms with Gasteiger partial charge in [0.25, 0.3) is 5.91 Å². The van der Waals surface area contributed by atoms with Gasteiger partial charge in [0.2, 0.25) is 5.91 Å². The molecule has 1 aromatic rings. The van der Waals surface area contributed by atoms with E-state index in [1.165, 1.54) is 11.8 Å². The smallest absolute Gasteiger partial charge is 0.324 e. The van der Waals surface area contributed by atoms with Crippen molar-refractivity contribution in [3.63, 3.8) is 0 Å². The molecule has 1 aliphatic heterocycles. The Bertz CT molecular complexity index is 616. The zero-order valence-corrected chi connectivity index (χ0v) is 14.3. The van der Waals surface area contributed by atoms with E-state index in [2.05, 4.69) is 15.6 Å². The van der Waals surface area contributed by atoms with Crippen LogP contribution in [0.15, 0.2) is 11.4 Å². The van der Waals surface area contributed by atoms with Crippen LogP contribution < -0.4 is 10.6 Å². The lowest BCUT2D eigenvalue weighted by Gasteiger charge is -2.11. The van der Waals surface area contributed by atoms with E-state index in [1.807, 2.05) is 24.8 Å². The molecule has 0 radical (unpaired) electrons. The highest BCUT2D eigenvalue weighted by atomic mass is 32.2. The van der Waals surface area contributed by atoms with E-state index in [9.17, 15) is 14.4 Å². The van der Waals surface area contributed by atoms with Crippen molar-refractivity contribution >= 4 is 29.6 Å². The van der Waals surface area contributed by atoms with Crippen molar-refractivity contribution < 1.29 is 14.4 Å². The van der Waals surface area contributed by atoms with E-state index in [1.54, 1.807) is 6.20 Å². The number of imide groups is 1. The number of hydrogen-bond donors (Lipinski definition) is 2. The van der Waals surface area contributed by atoms with Crippen molar-refractivity contribution in [1.29, 1.82) is 0 Å². The first-order valence-corrected chi connectivity index (χ1v) is 8.63. The highest BCUT2D eigenvalue weighted by Gasteiger charge is 2.38. The van der Waals surface area contributed by atoms with Gasteiger partial charge in [0.15, 0.2) is 5.16 Å².